The predicted octanol–water partition coefficient (Wildman–Crippen LogP) is 5.09. The molecule has 0 saturated carbocycles. The van der Waals surface area contributed by atoms with Crippen LogP contribution in [0.1, 0.15) is 11.3 Å². The number of aromatic nitrogens is 1. The fourth-order valence-electron chi connectivity index (χ4n) is 2.18. The van der Waals surface area contributed by atoms with Crippen molar-refractivity contribution in [3.8, 4) is 10.6 Å². The zero-order chi connectivity index (χ0) is 16.9. The zero-order valence-corrected chi connectivity index (χ0v) is 14.6. The Bertz CT molecular complexity index is 845. The maximum Gasteiger partial charge on any atom is 0.319 e. The number of aryl methyl sites for hydroxylation is 1. The van der Waals surface area contributed by atoms with E-state index < -0.39 is 0 Å². The Balaban J connectivity index is 1.61. The van der Waals surface area contributed by atoms with Crippen molar-refractivity contribution < 1.29 is 4.79 Å². The standard InChI is InChI=1S/C18H16ClN3OS/c1-12-11-24-17(21-12)14-3-2-4-16(9-14)22-18(23)20-10-13-5-7-15(19)8-6-13/h2-9,11H,10H2,1H3,(H2,20,22,23). The monoisotopic (exact) mass is 357 g/mol. The van der Waals surface area contributed by atoms with Crippen LogP contribution in [0.3, 0.4) is 0 Å². The highest BCUT2D eigenvalue weighted by atomic mass is 35.5. The van der Waals surface area contributed by atoms with Gasteiger partial charge in [0.2, 0.25) is 0 Å². The highest BCUT2D eigenvalue weighted by Crippen LogP contribution is 2.25. The van der Waals surface area contributed by atoms with Crippen LogP contribution in [0.2, 0.25) is 5.02 Å². The number of thiazole rings is 1. The molecular formula is C18H16ClN3OS. The molecule has 2 aromatic carbocycles. The minimum absolute atomic E-state index is 0.252. The Hall–Kier alpha value is -2.37. The third-order valence-electron chi connectivity index (χ3n) is 3.35. The first-order valence-corrected chi connectivity index (χ1v) is 8.68. The Morgan fingerprint density at radius 3 is 2.71 bits per heavy atom. The normalized spacial score (nSPS) is 10.4. The van der Waals surface area contributed by atoms with Crippen molar-refractivity contribution in [1.29, 1.82) is 0 Å². The Morgan fingerprint density at radius 1 is 1.21 bits per heavy atom. The molecule has 122 valence electrons. The fraction of sp³-hybridized carbons (Fsp3) is 0.111. The topological polar surface area (TPSA) is 54.0 Å². The van der Waals surface area contributed by atoms with Crippen LogP contribution in [-0.2, 0) is 6.54 Å². The van der Waals surface area contributed by atoms with E-state index in [0.717, 1.165) is 27.5 Å². The van der Waals surface area contributed by atoms with Gasteiger partial charge in [-0.25, -0.2) is 9.78 Å². The number of hydrogen-bond acceptors (Lipinski definition) is 3. The van der Waals surface area contributed by atoms with Crippen LogP contribution in [0, 0.1) is 6.92 Å². The summed E-state index contributed by atoms with van der Waals surface area (Å²) in [6.07, 6.45) is 0. The third kappa shape index (κ3) is 4.34. The van der Waals surface area contributed by atoms with E-state index in [-0.39, 0.29) is 6.03 Å². The third-order valence-corrected chi connectivity index (χ3v) is 4.61. The van der Waals surface area contributed by atoms with Crippen molar-refractivity contribution in [1.82, 2.24) is 10.3 Å². The van der Waals surface area contributed by atoms with Crippen LogP contribution < -0.4 is 10.6 Å². The van der Waals surface area contributed by atoms with E-state index in [2.05, 4.69) is 15.6 Å². The maximum absolute atomic E-state index is 12.0. The SMILES string of the molecule is Cc1csc(-c2cccc(NC(=O)NCc3ccc(Cl)cc3)c2)n1. The van der Waals surface area contributed by atoms with Crippen LogP contribution in [0.15, 0.2) is 53.9 Å². The van der Waals surface area contributed by atoms with Crippen molar-refractivity contribution in [3.63, 3.8) is 0 Å². The number of amides is 2. The molecule has 2 amide bonds. The van der Waals surface area contributed by atoms with E-state index in [1.165, 1.54) is 0 Å². The summed E-state index contributed by atoms with van der Waals surface area (Å²) < 4.78 is 0. The molecule has 1 aromatic heterocycles. The van der Waals surface area contributed by atoms with E-state index in [1.807, 2.05) is 48.7 Å². The van der Waals surface area contributed by atoms with E-state index in [0.29, 0.717) is 11.6 Å². The maximum atomic E-state index is 12.0. The van der Waals surface area contributed by atoms with Gasteiger partial charge >= 0.3 is 6.03 Å². The second-order valence-electron chi connectivity index (χ2n) is 5.31. The number of anilines is 1. The van der Waals surface area contributed by atoms with E-state index in [9.17, 15) is 4.79 Å². The first-order chi connectivity index (χ1) is 11.6. The molecule has 0 aliphatic carbocycles. The summed E-state index contributed by atoms with van der Waals surface area (Å²) >= 11 is 7.43. The molecule has 0 bridgehead atoms. The molecule has 2 N–H and O–H groups in total. The lowest BCUT2D eigenvalue weighted by atomic mass is 10.2. The summed E-state index contributed by atoms with van der Waals surface area (Å²) in [5.41, 5.74) is 3.70. The van der Waals surface area contributed by atoms with Gasteiger partial charge < -0.3 is 10.6 Å². The minimum Gasteiger partial charge on any atom is -0.334 e. The van der Waals surface area contributed by atoms with Crippen LogP contribution >= 0.6 is 22.9 Å². The quantitative estimate of drug-likeness (QED) is 0.683. The van der Waals surface area contributed by atoms with Gasteiger partial charge in [-0.15, -0.1) is 11.3 Å². The van der Waals surface area contributed by atoms with Gasteiger partial charge in [0.15, 0.2) is 0 Å². The van der Waals surface area contributed by atoms with Crippen molar-refractivity contribution >= 4 is 34.7 Å². The Morgan fingerprint density at radius 2 is 2.00 bits per heavy atom. The molecule has 1 heterocycles. The summed E-state index contributed by atoms with van der Waals surface area (Å²) in [7, 11) is 0. The average molecular weight is 358 g/mol. The number of carbonyl (C=O) groups excluding carboxylic acids is 1. The van der Waals surface area contributed by atoms with Crippen LogP contribution in [-0.4, -0.2) is 11.0 Å². The lowest BCUT2D eigenvalue weighted by Gasteiger charge is -2.08. The second-order valence-corrected chi connectivity index (χ2v) is 6.60. The molecule has 4 nitrogen and oxygen atoms in total. The Kier molecular flexibility index (Phi) is 5.13. The Labute approximate surface area is 149 Å². The zero-order valence-electron chi connectivity index (χ0n) is 13.0. The summed E-state index contributed by atoms with van der Waals surface area (Å²) in [6, 6.07) is 14.8. The smallest absolute Gasteiger partial charge is 0.319 e. The molecule has 0 radical (unpaired) electrons. The molecule has 3 aromatic rings. The summed E-state index contributed by atoms with van der Waals surface area (Å²) in [5, 5.41) is 9.29. The number of hydrogen-bond donors (Lipinski definition) is 2. The lowest BCUT2D eigenvalue weighted by Crippen LogP contribution is -2.28. The van der Waals surface area contributed by atoms with Crippen LogP contribution in [0.25, 0.3) is 10.6 Å². The molecule has 0 aliphatic rings. The second kappa shape index (κ2) is 7.47. The average Bonchev–Trinajstić information content (AvgIpc) is 3.01. The van der Waals surface area contributed by atoms with Crippen LogP contribution in [0.5, 0.6) is 0 Å². The molecule has 0 spiro atoms. The van der Waals surface area contributed by atoms with Gasteiger partial charge in [-0.05, 0) is 36.8 Å². The van der Waals surface area contributed by atoms with E-state index in [4.69, 9.17) is 11.6 Å². The van der Waals surface area contributed by atoms with Gasteiger partial charge in [-0.2, -0.15) is 0 Å². The lowest BCUT2D eigenvalue weighted by molar-refractivity contribution is 0.251. The van der Waals surface area contributed by atoms with Crippen molar-refractivity contribution in [3.05, 3.63) is 70.2 Å². The van der Waals surface area contributed by atoms with E-state index >= 15 is 0 Å². The number of nitrogens with one attached hydrogen (secondary N) is 2. The van der Waals surface area contributed by atoms with Crippen molar-refractivity contribution in [2.75, 3.05) is 5.32 Å². The minimum atomic E-state index is -0.252. The molecule has 0 atom stereocenters. The van der Waals surface area contributed by atoms with Crippen LogP contribution in [0.4, 0.5) is 10.5 Å². The number of urea groups is 1. The van der Waals surface area contributed by atoms with Crippen molar-refractivity contribution in [2.45, 2.75) is 13.5 Å². The van der Waals surface area contributed by atoms with Gasteiger partial charge in [0, 0.05) is 33.9 Å². The summed E-state index contributed by atoms with van der Waals surface area (Å²) in [6.45, 7) is 2.40. The molecule has 0 aliphatic heterocycles. The number of halogens is 1. The van der Waals surface area contributed by atoms with Gasteiger partial charge in [0.1, 0.15) is 5.01 Å². The van der Waals surface area contributed by atoms with Crippen molar-refractivity contribution in [2.24, 2.45) is 0 Å². The summed E-state index contributed by atoms with van der Waals surface area (Å²) in [4.78, 5) is 16.5. The van der Waals surface area contributed by atoms with Gasteiger partial charge in [0.05, 0.1) is 0 Å². The van der Waals surface area contributed by atoms with Gasteiger partial charge in [0.25, 0.3) is 0 Å². The predicted molar refractivity (Wildman–Crippen MR) is 99.6 cm³/mol. The summed E-state index contributed by atoms with van der Waals surface area (Å²) in [5.74, 6) is 0. The first-order valence-electron chi connectivity index (χ1n) is 7.42. The van der Waals surface area contributed by atoms with Gasteiger partial charge in [-0.3, -0.25) is 0 Å². The molecule has 3 rings (SSSR count). The van der Waals surface area contributed by atoms with Gasteiger partial charge in [-0.1, -0.05) is 35.9 Å². The van der Waals surface area contributed by atoms with E-state index in [1.54, 1.807) is 23.5 Å². The molecule has 24 heavy (non-hydrogen) atoms. The largest absolute Gasteiger partial charge is 0.334 e. The number of nitrogens with zero attached hydrogens (tertiary/aromatic N) is 1. The molecule has 6 heteroatoms. The molecule has 0 unspecified atom stereocenters. The first kappa shape index (κ1) is 16.5. The number of rotatable bonds is 4. The molecule has 0 saturated heterocycles. The number of benzene rings is 2. The number of carbonyl (C=O) groups is 1. The highest BCUT2D eigenvalue weighted by molar-refractivity contribution is 7.13. The highest BCUT2D eigenvalue weighted by Gasteiger charge is 2.06. The molecule has 0 fully saturated rings. The fourth-order valence-corrected chi connectivity index (χ4v) is 3.10. The molecular weight excluding hydrogens is 342 g/mol.